The van der Waals surface area contributed by atoms with E-state index in [0.717, 1.165) is 17.0 Å². The predicted octanol–water partition coefficient (Wildman–Crippen LogP) is 5.50. The molecule has 6 nitrogen and oxygen atoms in total. The van der Waals surface area contributed by atoms with Gasteiger partial charge in [0.15, 0.2) is 5.76 Å². The van der Waals surface area contributed by atoms with Crippen LogP contribution in [0.25, 0.3) is 17.1 Å². The first kappa shape index (κ1) is 21.3. The third-order valence-electron chi connectivity index (χ3n) is 5.12. The standard InChI is InChI=1S/C26H26N4O2/c1-18-10-15-23(32-18)24-20(17-30(29-24)22-8-6-5-7-9-22)16-27-28-25(31)19-11-13-21(14-12-19)26(2,3)4/h5-17H,1-4H3,(H,28,31)/b27-16-. The molecule has 2 heterocycles. The lowest BCUT2D eigenvalue weighted by Crippen LogP contribution is -2.18. The van der Waals surface area contributed by atoms with Crippen molar-refractivity contribution in [3.8, 4) is 17.1 Å². The number of carbonyl (C=O) groups excluding carboxylic acids is 1. The minimum atomic E-state index is -0.271. The van der Waals surface area contributed by atoms with E-state index in [-0.39, 0.29) is 11.3 Å². The molecule has 0 aliphatic carbocycles. The summed E-state index contributed by atoms with van der Waals surface area (Å²) >= 11 is 0. The van der Waals surface area contributed by atoms with Gasteiger partial charge in [-0.25, -0.2) is 10.1 Å². The smallest absolute Gasteiger partial charge is 0.271 e. The van der Waals surface area contributed by atoms with Crippen LogP contribution in [0.15, 0.2) is 82.4 Å². The van der Waals surface area contributed by atoms with Crippen molar-refractivity contribution in [3.05, 3.63) is 95.4 Å². The van der Waals surface area contributed by atoms with E-state index in [4.69, 9.17) is 4.42 Å². The van der Waals surface area contributed by atoms with Crippen molar-refractivity contribution in [1.29, 1.82) is 0 Å². The van der Waals surface area contributed by atoms with Crippen molar-refractivity contribution in [2.45, 2.75) is 33.1 Å². The number of aryl methyl sites for hydroxylation is 1. The van der Waals surface area contributed by atoms with Crippen LogP contribution < -0.4 is 5.43 Å². The van der Waals surface area contributed by atoms with Crippen molar-refractivity contribution in [1.82, 2.24) is 15.2 Å². The number of nitrogens with zero attached hydrogens (tertiary/aromatic N) is 3. The van der Waals surface area contributed by atoms with Gasteiger partial charge in [0.05, 0.1) is 11.9 Å². The Morgan fingerprint density at radius 3 is 2.38 bits per heavy atom. The molecule has 0 aliphatic rings. The molecule has 0 atom stereocenters. The lowest BCUT2D eigenvalue weighted by atomic mass is 9.87. The van der Waals surface area contributed by atoms with Gasteiger partial charge in [-0.1, -0.05) is 51.1 Å². The van der Waals surface area contributed by atoms with Crippen LogP contribution in [0, 0.1) is 6.92 Å². The summed E-state index contributed by atoms with van der Waals surface area (Å²) in [5.74, 6) is 1.17. The molecule has 0 unspecified atom stereocenters. The average molecular weight is 427 g/mol. The molecule has 0 saturated heterocycles. The third-order valence-corrected chi connectivity index (χ3v) is 5.12. The van der Waals surface area contributed by atoms with Gasteiger partial charge in [0, 0.05) is 17.3 Å². The Hall–Kier alpha value is -3.93. The maximum absolute atomic E-state index is 12.5. The van der Waals surface area contributed by atoms with E-state index in [1.54, 1.807) is 10.9 Å². The fourth-order valence-corrected chi connectivity index (χ4v) is 3.29. The molecule has 0 radical (unpaired) electrons. The minimum absolute atomic E-state index is 0.0344. The Balaban J connectivity index is 1.56. The Morgan fingerprint density at radius 2 is 1.75 bits per heavy atom. The number of hydrogen-bond donors (Lipinski definition) is 1. The second kappa shape index (κ2) is 8.67. The van der Waals surface area contributed by atoms with E-state index in [1.165, 1.54) is 5.56 Å². The quantitative estimate of drug-likeness (QED) is 0.338. The van der Waals surface area contributed by atoms with Crippen LogP contribution in [0.4, 0.5) is 0 Å². The van der Waals surface area contributed by atoms with E-state index in [1.807, 2.05) is 79.9 Å². The van der Waals surface area contributed by atoms with Gasteiger partial charge in [-0.3, -0.25) is 4.79 Å². The topological polar surface area (TPSA) is 72.4 Å². The molecule has 2 aromatic carbocycles. The molecule has 0 saturated carbocycles. The maximum Gasteiger partial charge on any atom is 0.271 e. The lowest BCUT2D eigenvalue weighted by molar-refractivity contribution is 0.0955. The Bertz CT molecular complexity index is 1240. The highest BCUT2D eigenvalue weighted by Crippen LogP contribution is 2.25. The van der Waals surface area contributed by atoms with E-state index in [2.05, 4.69) is 36.4 Å². The van der Waals surface area contributed by atoms with Gasteiger partial charge < -0.3 is 4.42 Å². The van der Waals surface area contributed by atoms with Gasteiger partial charge >= 0.3 is 0 Å². The third kappa shape index (κ3) is 4.70. The highest BCUT2D eigenvalue weighted by molar-refractivity contribution is 5.95. The molecule has 0 fully saturated rings. The van der Waals surface area contributed by atoms with E-state index in [9.17, 15) is 4.79 Å². The van der Waals surface area contributed by atoms with Crippen LogP contribution in [-0.4, -0.2) is 21.9 Å². The molecule has 0 spiro atoms. The summed E-state index contributed by atoms with van der Waals surface area (Å²) in [5.41, 5.74) is 6.65. The van der Waals surface area contributed by atoms with E-state index < -0.39 is 0 Å². The fourth-order valence-electron chi connectivity index (χ4n) is 3.29. The zero-order chi connectivity index (χ0) is 22.7. The summed E-state index contributed by atoms with van der Waals surface area (Å²) in [6, 6.07) is 21.1. The summed E-state index contributed by atoms with van der Waals surface area (Å²) in [6.45, 7) is 8.30. The summed E-state index contributed by atoms with van der Waals surface area (Å²) < 4.78 is 7.54. The van der Waals surface area contributed by atoms with Crippen LogP contribution in [0.5, 0.6) is 0 Å². The molecule has 1 N–H and O–H groups in total. The highest BCUT2D eigenvalue weighted by atomic mass is 16.3. The summed E-state index contributed by atoms with van der Waals surface area (Å²) in [5, 5.41) is 8.84. The second-order valence-corrected chi connectivity index (χ2v) is 8.65. The minimum Gasteiger partial charge on any atom is -0.460 e. The number of hydrogen-bond acceptors (Lipinski definition) is 4. The number of para-hydroxylation sites is 1. The van der Waals surface area contributed by atoms with Crippen molar-refractivity contribution in [2.24, 2.45) is 5.10 Å². The monoisotopic (exact) mass is 426 g/mol. The number of rotatable bonds is 5. The van der Waals surface area contributed by atoms with Gasteiger partial charge in [0.1, 0.15) is 11.5 Å². The number of hydrazone groups is 1. The molecule has 0 aliphatic heterocycles. The first-order valence-corrected chi connectivity index (χ1v) is 10.5. The molecule has 0 bridgehead atoms. The summed E-state index contributed by atoms with van der Waals surface area (Å²) in [7, 11) is 0. The van der Waals surface area contributed by atoms with Crippen LogP contribution in [0.1, 0.15) is 48.0 Å². The van der Waals surface area contributed by atoms with Crippen molar-refractivity contribution in [3.63, 3.8) is 0 Å². The first-order valence-electron chi connectivity index (χ1n) is 10.5. The van der Waals surface area contributed by atoms with Crippen molar-refractivity contribution < 1.29 is 9.21 Å². The number of benzene rings is 2. The van der Waals surface area contributed by atoms with Crippen molar-refractivity contribution >= 4 is 12.1 Å². The molecule has 4 rings (SSSR count). The lowest BCUT2D eigenvalue weighted by Gasteiger charge is -2.18. The predicted molar refractivity (Wildman–Crippen MR) is 126 cm³/mol. The van der Waals surface area contributed by atoms with Gasteiger partial charge in [-0.2, -0.15) is 10.2 Å². The summed E-state index contributed by atoms with van der Waals surface area (Å²) in [4.78, 5) is 12.5. The Morgan fingerprint density at radius 1 is 1.03 bits per heavy atom. The molecule has 6 heteroatoms. The van der Waals surface area contributed by atoms with Gasteiger partial charge in [0.2, 0.25) is 0 Å². The van der Waals surface area contributed by atoms with E-state index >= 15 is 0 Å². The van der Waals surface area contributed by atoms with Gasteiger partial charge in [-0.15, -0.1) is 0 Å². The summed E-state index contributed by atoms with van der Waals surface area (Å²) in [6.07, 6.45) is 3.44. The molecule has 162 valence electrons. The van der Waals surface area contributed by atoms with Crippen LogP contribution in [0.3, 0.4) is 0 Å². The number of nitrogens with one attached hydrogen (secondary N) is 1. The Labute approximate surface area is 187 Å². The molecule has 2 aromatic heterocycles. The van der Waals surface area contributed by atoms with Gasteiger partial charge in [0.25, 0.3) is 5.91 Å². The number of amides is 1. The number of aromatic nitrogens is 2. The molecule has 32 heavy (non-hydrogen) atoms. The largest absolute Gasteiger partial charge is 0.460 e. The SMILES string of the molecule is Cc1ccc(-c2nn(-c3ccccc3)cc2/C=N\NC(=O)c2ccc(C(C)(C)C)cc2)o1. The number of carbonyl (C=O) groups is 1. The normalized spacial score (nSPS) is 11.8. The maximum atomic E-state index is 12.5. The zero-order valence-corrected chi connectivity index (χ0v) is 18.7. The molecular weight excluding hydrogens is 400 g/mol. The average Bonchev–Trinajstić information content (AvgIpc) is 3.40. The molecule has 4 aromatic rings. The van der Waals surface area contributed by atoms with Crippen molar-refractivity contribution in [2.75, 3.05) is 0 Å². The van der Waals surface area contributed by atoms with Gasteiger partial charge in [-0.05, 0) is 54.3 Å². The second-order valence-electron chi connectivity index (χ2n) is 8.65. The van der Waals surface area contributed by atoms with Crippen LogP contribution >= 0.6 is 0 Å². The Kier molecular flexibility index (Phi) is 5.77. The van der Waals surface area contributed by atoms with Crippen LogP contribution in [0.2, 0.25) is 0 Å². The zero-order valence-electron chi connectivity index (χ0n) is 18.7. The molecule has 1 amide bonds. The van der Waals surface area contributed by atoms with Crippen LogP contribution in [-0.2, 0) is 5.41 Å². The molecular formula is C26H26N4O2. The van der Waals surface area contributed by atoms with E-state index in [0.29, 0.717) is 17.0 Å². The fraction of sp³-hybridized carbons (Fsp3) is 0.192. The highest BCUT2D eigenvalue weighted by Gasteiger charge is 2.15. The first-order chi connectivity index (χ1) is 15.3. The number of furan rings is 1.